The van der Waals surface area contributed by atoms with Crippen LogP contribution in [0, 0.1) is 11.3 Å². The molecule has 5 heteroatoms. The van der Waals surface area contributed by atoms with Gasteiger partial charge in [0.05, 0.1) is 11.2 Å². The second kappa shape index (κ2) is 5.59. The molecule has 0 radical (unpaired) electrons. The standard InChI is InChI=1S/C20H18N4O/c21-11-13-6-8-15-17(22-13)2-1-3-19(15)25-14-7-9-18-16(10-14)20(24-23-18)12-4-5-12/h6-10,12,19H,1-5H2,(H,23,24)/t19-/m0/s1. The maximum absolute atomic E-state index is 9.04. The van der Waals surface area contributed by atoms with E-state index in [9.17, 15) is 0 Å². The second-order valence-corrected chi connectivity index (χ2v) is 6.93. The molecule has 2 aromatic heterocycles. The van der Waals surface area contributed by atoms with E-state index < -0.39 is 0 Å². The molecule has 1 N–H and O–H groups in total. The Bertz CT molecular complexity index is 997. The number of rotatable bonds is 3. The number of ether oxygens (including phenoxy) is 1. The van der Waals surface area contributed by atoms with E-state index in [0.717, 1.165) is 41.8 Å². The lowest BCUT2D eigenvalue weighted by Gasteiger charge is -2.25. The van der Waals surface area contributed by atoms with Crippen LogP contribution >= 0.6 is 0 Å². The van der Waals surface area contributed by atoms with Crippen LogP contribution in [0.5, 0.6) is 5.75 Å². The van der Waals surface area contributed by atoms with Crippen molar-refractivity contribution < 1.29 is 4.74 Å². The molecule has 0 aliphatic heterocycles. The van der Waals surface area contributed by atoms with Gasteiger partial charge in [-0.1, -0.05) is 6.07 Å². The summed E-state index contributed by atoms with van der Waals surface area (Å²) in [7, 11) is 0. The zero-order chi connectivity index (χ0) is 16.8. The molecule has 124 valence electrons. The Balaban J connectivity index is 1.47. The molecule has 0 bridgehead atoms. The highest BCUT2D eigenvalue weighted by molar-refractivity contribution is 5.83. The molecule has 1 atom stereocenters. The summed E-state index contributed by atoms with van der Waals surface area (Å²) < 4.78 is 6.32. The number of aromatic nitrogens is 3. The van der Waals surface area contributed by atoms with Crippen molar-refractivity contribution in [2.45, 2.75) is 44.1 Å². The van der Waals surface area contributed by atoms with Crippen molar-refractivity contribution in [3.8, 4) is 11.8 Å². The van der Waals surface area contributed by atoms with Gasteiger partial charge in [0.2, 0.25) is 0 Å². The summed E-state index contributed by atoms with van der Waals surface area (Å²) in [5.74, 6) is 1.48. The maximum atomic E-state index is 9.04. The third-order valence-electron chi connectivity index (χ3n) is 5.16. The average Bonchev–Trinajstić information content (AvgIpc) is 3.41. The molecule has 1 saturated carbocycles. The van der Waals surface area contributed by atoms with Gasteiger partial charge in [-0.05, 0) is 56.4 Å². The Morgan fingerprint density at radius 1 is 1.16 bits per heavy atom. The van der Waals surface area contributed by atoms with Crippen LogP contribution < -0.4 is 4.74 Å². The van der Waals surface area contributed by atoms with Gasteiger partial charge in [0, 0.05) is 22.6 Å². The number of pyridine rings is 1. The quantitative estimate of drug-likeness (QED) is 0.782. The van der Waals surface area contributed by atoms with Crippen LogP contribution in [0.15, 0.2) is 30.3 Å². The van der Waals surface area contributed by atoms with Crippen LogP contribution in [0.4, 0.5) is 0 Å². The van der Waals surface area contributed by atoms with Crippen LogP contribution in [0.3, 0.4) is 0 Å². The number of nitrogens with zero attached hydrogens (tertiary/aromatic N) is 3. The largest absolute Gasteiger partial charge is 0.486 e. The third-order valence-corrected chi connectivity index (χ3v) is 5.16. The van der Waals surface area contributed by atoms with Gasteiger partial charge in [-0.3, -0.25) is 5.10 Å². The number of hydrogen-bond donors (Lipinski definition) is 1. The summed E-state index contributed by atoms with van der Waals surface area (Å²) in [6, 6.07) is 12.1. The van der Waals surface area contributed by atoms with E-state index in [1.54, 1.807) is 6.07 Å². The summed E-state index contributed by atoms with van der Waals surface area (Å²) in [5, 5.41) is 17.8. The van der Waals surface area contributed by atoms with Crippen molar-refractivity contribution in [2.75, 3.05) is 0 Å². The Kier molecular flexibility index (Phi) is 3.24. The van der Waals surface area contributed by atoms with Gasteiger partial charge in [0.15, 0.2) is 0 Å². The van der Waals surface area contributed by atoms with Crippen LogP contribution in [0.25, 0.3) is 10.9 Å². The molecule has 25 heavy (non-hydrogen) atoms. The van der Waals surface area contributed by atoms with E-state index in [2.05, 4.69) is 27.3 Å². The molecule has 1 fully saturated rings. The Labute approximate surface area is 145 Å². The van der Waals surface area contributed by atoms with Gasteiger partial charge in [0.25, 0.3) is 0 Å². The average molecular weight is 330 g/mol. The number of hydrogen-bond acceptors (Lipinski definition) is 4. The fourth-order valence-corrected chi connectivity index (χ4v) is 3.72. The van der Waals surface area contributed by atoms with E-state index in [-0.39, 0.29) is 6.10 Å². The molecule has 3 aromatic rings. The Morgan fingerprint density at radius 2 is 2.08 bits per heavy atom. The zero-order valence-electron chi connectivity index (χ0n) is 13.8. The van der Waals surface area contributed by atoms with Crippen LogP contribution in [0.1, 0.15) is 60.4 Å². The second-order valence-electron chi connectivity index (χ2n) is 6.93. The minimum absolute atomic E-state index is 0.00211. The smallest absolute Gasteiger partial charge is 0.140 e. The molecule has 2 heterocycles. The number of nitriles is 1. The lowest BCUT2D eigenvalue weighted by Crippen LogP contribution is -2.17. The van der Waals surface area contributed by atoms with Crippen molar-refractivity contribution in [2.24, 2.45) is 0 Å². The highest BCUT2D eigenvalue weighted by Gasteiger charge is 2.28. The maximum Gasteiger partial charge on any atom is 0.140 e. The fraction of sp³-hybridized carbons (Fsp3) is 0.350. The van der Waals surface area contributed by atoms with E-state index in [0.29, 0.717) is 11.6 Å². The third kappa shape index (κ3) is 2.54. The summed E-state index contributed by atoms with van der Waals surface area (Å²) >= 11 is 0. The molecule has 5 nitrogen and oxygen atoms in total. The highest BCUT2D eigenvalue weighted by atomic mass is 16.5. The lowest BCUT2D eigenvalue weighted by molar-refractivity contribution is 0.182. The van der Waals surface area contributed by atoms with Gasteiger partial charge in [0.1, 0.15) is 23.6 Å². The van der Waals surface area contributed by atoms with E-state index in [1.165, 1.54) is 23.9 Å². The number of H-pyrrole nitrogens is 1. The van der Waals surface area contributed by atoms with Gasteiger partial charge in [-0.25, -0.2) is 4.98 Å². The molecule has 2 aliphatic carbocycles. The predicted octanol–water partition coefficient (Wildman–Crippen LogP) is 4.16. The number of nitrogens with one attached hydrogen (secondary N) is 1. The van der Waals surface area contributed by atoms with Crippen molar-refractivity contribution in [3.63, 3.8) is 0 Å². The van der Waals surface area contributed by atoms with Gasteiger partial charge in [-0.2, -0.15) is 10.4 Å². The summed E-state index contributed by atoms with van der Waals surface area (Å²) in [6.45, 7) is 0. The van der Waals surface area contributed by atoms with Crippen LogP contribution in [0.2, 0.25) is 0 Å². The number of benzene rings is 1. The molecule has 0 saturated heterocycles. The monoisotopic (exact) mass is 330 g/mol. The minimum Gasteiger partial charge on any atom is -0.486 e. The normalized spacial score (nSPS) is 19.4. The van der Waals surface area contributed by atoms with E-state index in [4.69, 9.17) is 10.00 Å². The molecule has 0 spiro atoms. The van der Waals surface area contributed by atoms with E-state index >= 15 is 0 Å². The minimum atomic E-state index is -0.00211. The number of fused-ring (bicyclic) bond motifs is 2. The summed E-state index contributed by atoms with van der Waals surface area (Å²) in [5.41, 5.74) is 4.83. The molecule has 5 rings (SSSR count). The van der Waals surface area contributed by atoms with Crippen LogP contribution in [-0.4, -0.2) is 15.2 Å². The van der Waals surface area contributed by atoms with Crippen molar-refractivity contribution in [3.05, 3.63) is 53.0 Å². The fourth-order valence-electron chi connectivity index (χ4n) is 3.72. The van der Waals surface area contributed by atoms with E-state index in [1.807, 2.05) is 18.2 Å². The van der Waals surface area contributed by atoms with Crippen molar-refractivity contribution in [1.29, 1.82) is 5.26 Å². The molecule has 2 aliphatic rings. The molecular formula is C20H18N4O. The highest BCUT2D eigenvalue weighted by Crippen LogP contribution is 2.43. The first kappa shape index (κ1) is 14.5. The van der Waals surface area contributed by atoms with Crippen molar-refractivity contribution >= 4 is 10.9 Å². The first-order valence-corrected chi connectivity index (χ1v) is 8.86. The molecular weight excluding hydrogens is 312 g/mol. The predicted molar refractivity (Wildman–Crippen MR) is 93.3 cm³/mol. The van der Waals surface area contributed by atoms with Gasteiger partial charge < -0.3 is 4.74 Å². The van der Waals surface area contributed by atoms with Crippen molar-refractivity contribution in [1.82, 2.24) is 15.2 Å². The topological polar surface area (TPSA) is 74.6 Å². The lowest BCUT2D eigenvalue weighted by atomic mass is 9.93. The number of aryl methyl sites for hydroxylation is 1. The Morgan fingerprint density at radius 3 is 2.92 bits per heavy atom. The van der Waals surface area contributed by atoms with Gasteiger partial charge >= 0.3 is 0 Å². The SMILES string of the molecule is N#Cc1ccc2c(n1)CCC[C@@H]2Oc1ccc2[nH]nc(C3CC3)c2c1. The molecule has 0 unspecified atom stereocenters. The Hall–Kier alpha value is -2.87. The summed E-state index contributed by atoms with van der Waals surface area (Å²) in [4.78, 5) is 4.45. The van der Waals surface area contributed by atoms with Gasteiger partial charge in [-0.15, -0.1) is 0 Å². The molecule has 0 amide bonds. The first-order valence-electron chi connectivity index (χ1n) is 8.86. The molecule has 1 aromatic carbocycles. The summed E-state index contributed by atoms with van der Waals surface area (Å²) in [6.07, 6.45) is 5.37. The first-order chi connectivity index (χ1) is 12.3. The number of aromatic amines is 1. The van der Waals surface area contributed by atoms with Crippen LogP contribution in [-0.2, 0) is 6.42 Å². The zero-order valence-corrected chi connectivity index (χ0v) is 13.8.